The molecule has 1 unspecified atom stereocenters. The summed E-state index contributed by atoms with van der Waals surface area (Å²) >= 11 is 1.76. The second kappa shape index (κ2) is 2.86. The van der Waals surface area contributed by atoms with E-state index < -0.39 is 0 Å². The molecular formula is C8H11N3S. The number of hydrogen-bond donors (Lipinski definition) is 1. The highest BCUT2D eigenvalue weighted by Crippen LogP contribution is 2.27. The number of rotatable bonds is 1. The molecule has 1 aromatic heterocycles. The maximum absolute atomic E-state index is 4.38. The third-order valence-corrected chi connectivity index (χ3v) is 3.11. The van der Waals surface area contributed by atoms with E-state index in [1.165, 1.54) is 4.88 Å². The topological polar surface area (TPSA) is 37.3 Å². The lowest BCUT2D eigenvalue weighted by atomic mass is 10.2. The number of thiazole rings is 1. The van der Waals surface area contributed by atoms with Crippen LogP contribution in [0.1, 0.15) is 28.0 Å². The first-order valence-electron chi connectivity index (χ1n) is 3.98. The zero-order valence-electron chi connectivity index (χ0n) is 7.16. The zero-order valence-corrected chi connectivity index (χ0v) is 7.98. The number of aromatic nitrogens is 1. The standard InChI is InChI=1S/C8H11N3S/c1-5-8(12-6(2)10-5)7-3-4-9-11-7/h4,7,11H,3H2,1-2H3. The number of aryl methyl sites for hydroxylation is 2. The fourth-order valence-electron chi connectivity index (χ4n) is 1.39. The van der Waals surface area contributed by atoms with E-state index in [9.17, 15) is 0 Å². The van der Waals surface area contributed by atoms with Crippen molar-refractivity contribution >= 4 is 17.6 Å². The van der Waals surface area contributed by atoms with E-state index in [1.807, 2.05) is 13.1 Å². The monoisotopic (exact) mass is 181 g/mol. The van der Waals surface area contributed by atoms with E-state index in [4.69, 9.17) is 0 Å². The Balaban J connectivity index is 2.27. The van der Waals surface area contributed by atoms with Crippen LogP contribution < -0.4 is 5.43 Å². The number of hydrazone groups is 1. The van der Waals surface area contributed by atoms with E-state index >= 15 is 0 Å². The molecule has 0 saturated carbocycles. The van der Waals surface area contributed by atoms with Gasteiger partial charge in [-0.2, -0.15) is 5.10 Å². The lowest BCUT2D eigenvalue weighted by molar-refractivity contribution is 0.626. The van der Waals surface area contributed by atoms with Gasteiger partial charge in [0.2, 0.25) is 0 Å². The molecule has 1 aliphatic rings. The quantitative estimate of drug-likeness (QED) is 0.717. The Morgan fingerprint density at radius 2 is 2.42 bits per heavy atom. The van der Waals surface area contributed by atoms with Gasteiger partial charge < -0.3 is 5.43 Å². The van der Waals surface area contributed by atoms with Gasteiger partial charge in [-0.1, -0.05) is 0 Å². The highest BCUT2D eigenvalue weighted by molar-refractivity contribution is 7.11. The summed E-state index contributed by atoms with van der Waals surface area (Å²) in [6.07, 6.45) is 2.90. The van der Waals surface area contributed by atoms with Crippen LogP contribution in [0.4, 0.5) is 0 Å². The Morgan fingerprint density at radius 1 is 1.58 bits per heavy atom. The predicted octanol–water partition coefficient (Wildman–Crippen LogP) is 1.78. The first-order chi connectivity index (χ1) is 5.77. The van der Waals surface area contributed by atoms with Crippen LogP contribution >= 0.6 is 11.3 Å². The summed E-state index contributed by atoms with van der Waals surface area (Å²) in [5.41, 5.74) is 4.21. The molecule has 1 aliphatic heterocycles. The molecule has 0 radical (unpaired) electrons. The second-order valence-electron chi connectivity index (χ2n) is 2.91. The molecule has 0 fully saturated rings. The van der Waals surface area contributed by atoms with Crippen molar-refractivity contribution in [2.75, 3.05) is 0 Å². The fourth-order valence-corrected chi connectivity index (χ4v) is 2.37. The Bertz CT molecular complexity index is 308. The average molecular weight is 181 g/mol. The average Bonchev–Trinajstić information content (AvgIpc) is 2.58. The van der Waals surface area contributed by atoms with Gasteiger partial charge in [0, 0.05) is 12.6 Å². The SMILES string of the molecule is Cc1nc(C)c(C2CC=NN2)s1. The van der Waals surface area contributed by atoms with E-state index in [2.05, 4.69) is 22.4 Å². The fraction of sp³-hybridized carbons (Fsp3) is 0.500. The molecule has 64 valence electrons. The van der Waals surface area contributed by atoms with Gasteiger partial charge in [-0.25, -0.2) is 4.98 Å². The molecule has 12 heavy (non-hydrogen) atoms. The summed E-state index contributed by atoms with van der Waals surface area (Å²) in [5.74, 6) is 0. The molecule has 0 bridgehead atoms. The highest BCUT2D eigenvalue weighted by atomic mass is 32.1. The van der Waals surface area contributed by atoms with Gasteiger partial charge in [-0.3, -0.25) is 0 Å². The molecule has 3 nitrogen and oxygen atoms in total. The maximum atomic E-state index is 4.38. The molecule has 1 aromatic rings. The Morgan fingerprint density at radius 3 is 2.92 bits per heavy atom. The molecule has 0 aliphatic carbocycles. The molecule has 0 amide bonds. The molecule has 1 N–H and O–H groups in total. The first-order valence-corrected chi connectivity index (χ1v) is 4.80. The molecule has 0 saturated heterocycles. The Kier molecular flexibility index (Phi) is 1.84. The molecule has 2 rings (SSSR count). The summed E-state index contributed by atoms with van der Waals surface area (Å²) < 4.78 is 0. The van der Waals surface area contributed by atoms with Crippen LogP contribution in [0.25, 0.3) is 0 Å². The van der Waals surface area contributed by atoms with Crippen molar-refractivity contribution in [3.05, 3.63) is 15.6 Å². The minimum Gasteiger partial charge on any atom is -0.302 e. The van der Waals surface area contributed by atoms with Crippen molar-refractivity contribution in [3.63, 3.8) is 0 Å². The van der Waals surface area contributed by atoms with Crippen LogP contribution in [0.2, 0.25) is 0 Å². The van der Waals surface area contributed by atoms with Crippen molar-refractivity contribution < 1.29 is 0 Å². The lowest BCUT2D eigenvalue weighted by Gasteiger charge is -2.06. The highest BCUT2D eigenvalue weighted by Gasteiger charge is 2.18. The van der Waals surface area contributed by atoms with E-state index in [0.717, 1.165) is 17.1 Å². The molecule has 2 heterocycles. The van der Waals surface area contributed by atoms with E-state index in [0.29, 0.717) is 6.04 Å². The van der Waals surface area contributed by atoms with Crippen LogP contribution in [-0.4, -0.2) is 11.2 Å². The van der Waals surface area contributed by atoms with Crippen molar-refractivity contribution in [1.29, 1.82) is 0 Å². The van der Waals surface area contributed by atoms with Crippen molar-refractivity contribution in [1.82, 2.24) is 10.4 Å². The number of nitrogens with zero attached hydrogens (tertiary/aromatic N) is 2. The van der Waals surface area contributed by atoms with E-state index in [-0.39, 0.29) is 0 Å². The minimum absolute atomic E-state index is 0.371. The minimum atomic E-state index is 0.371. The summed E-state index contributed by atoms with van der Waals surface area (Å²) in [5, 5.41) is 5.13. The zero-order chi connectivity index (χ0) is 8.55. The largest absolute Gasteiger partial charge is 0.302 e. The van der Waals surface area contributed by atoms with Crippen LogP contribution in [0.3, 0.4) is 0 Å². The first kappa shape index (κ1) is 7.73. The predicted molar refractivity (Wildman–Crippen MR) is 50.6 cm³/mol. The summed E-state index contributed by atoms with van der Waals surface area (Å²) in [7, 11) is 0. The van der Waals surface area contributed by atoms with Crippen LogP contribution in [0.5, 0.6) is 0 Å². The lowest BCUT2D eigenvalue weighted by Crippen LogP contribution is -2.08. The smallest absolute Gasteiger partial charge is 0.0900 e. The van der Waals surface area contributed by atoms with Crippen LogP contribution in [0, 0.1) is 13.8 Å². The third kappa shape index (κ3) is 1.22. The van der Waals surface area contributed by atoms with Gasteiger partial charge >= 0.3 is 0 Å². The van der Waals surface area contributed by atoms with Crippen LogP contribution in [0.15, 0.2) is 5.10 Å². The van der Waals surface area contributed by atoms with Gasteiger partial charge in [0.15, 0.2) is 0 Å². The summed E-state index contributed by atoms with van der Waals surface area (Å²) in [6, 6.07) is 0.371. The molecular weight excluding hydrogens is 170 g/mol. The molecule has 4 heteroatoms. The van der Waals surface area contributed by atoms with Gasteiger partial charge in [-0.05, 0) is 13.8 Å². The molecule has 0 aromatic carbocycles. The van der Waals surface area contributed by atoms with Gasteiger partial charge in [0.1, 0.15) is 0 Å². The summed E-state index contributed by atoms with van der Waals surface area (Å²) in [6.45, 7) is 4.09. The number of nitrogens with one attached hydrogen (secondary N) is 1. The Hall–Kier alpha value is -0.900. The molecule has 0 spiro atoms. The van der Waals surface area contributed by atoms with Crippen molar-refractivity contribution in [2.24, 2.45) is 5.10 Å². The van der Waals surface area contributed by atoms with Gasteiger partial charge in [0.25, 0.3) is 0 Å². The van der Waals surface area contributed by atoms with Crippen LogP contribution in [-0.2, 0) is 0 Å². The van der Waals surface area contributed by atoms with Gasteiger partial charge in [-0.15, -0.1) is 11.3 Å². The van der Waals surface area contributed by atoms with E-state index in [1.54, 1.807) is 11.3 Å². The summed E-state index contributed by atoms with van der Waals surface area (Å²) in [4.78, 5) is 5.70. The second-order valence-corrected chi connectivity index (χ2v) is 4.15. The normalized spacial score (nSPS) is 21.3. The maximum Gasteiger partial charge on any atom is 0.0900 e. The molecule has 1 atom stereocenters. The van der Waals surface area contributed by atoms with Crippen molar-refractivity contribution in [2.45, 2.75) is 26.3 Å². The number of hydrogen-bond acceptors (Lipinski definition) is 4. The van der Waals surface area contributed by atoms with Crippen molar-refractivity contribution in [3.8, 4) is 0 Å². The van der Waals surface area contributed by atoms with Gasteiger partial charge in [0.05, 0.1) is 21.6 Å². The third-order valence-electron chi connectivity index (χ3n) is 1.92. The Labute approximate surface area is 75.5 Å².